The van der Waals surface area contributed by atoms with Crippen molar-refractivity contribution in [2.75, 3.05) is 16.0 Å². The van der Waals surface area contributed by atoms with Crippen LogP contribution in [0.3, 0.4) is 0 Å². The average molecular weight is 715 g/mol. The standard InChI is InChI=1S/C25H15Cl3F9N3O3S/c26-14-5-4-11(9-13(14)22(41)39-16-7-6-15(29)20(19(16)30)40-24(43)21(31)32)38-23(42)18-17(25(18,27)28)10-2-1-3-12(8-10)44(33,34,35,36)37/h1-9,17-18,21H,(H,38,42)(H,39,41)(H,40,43)/t17-,18?/m1/s1. The van der Waals surface area contributed by atoms with Crippen molar-refractivity contribution in [1.29, 1.82) is 0 Å². The maximum atomic E-state index is 14.7. The first-order valence-electron chi connectivity index (χ1n) is 11.7. The van der Waals surface area contributed by atoms with Gasteiger partial charge >= 0.3 is 16.6 Å². The number of alkyl halides is 4. The minimum atomic E-state index is -10.1. The molecule has 4 rings (SSSR count). The van der Waals surface area contributed by atoms with Gasteiger partial charge in [0.25, 0.3) is 11.8 Å². The molecule has 1 aliphatic carbocycles. The number of hydrogen-bond donors (Lipinski definition) is 3. The number of amides is 3. The Hall–Kier alpha value is -3.34. The molecule has 0 saturated heterocycles. The van der Waals surface area contributed by atoms with E-state index < -0.39 is 84.0 Å². The summed E-state index contributed by atoms with van der Waals surface area (Å²) in [4.78, 5) is 34.8. The van der Waals surface area contributed by atoms with E-state index in [-0.39, 0.29) is 28.4 Å². The van der Waals surface area contributed by atoms with Gasteiger partial charge in [-0.15, -0.1) is 23.2 Å². The molecule has 3 aromatic carbocycles. The Morgan fingerprint density at radius 2 is 1.52 bits per heavy atom. The fraction of sp³-hybridized carbons (Fsp3) is 0.160. The van der Waals surface area contributed by atoms with Crippen LogP contribution in [0.5, 0.6) is 0 Å². The first kappa shape index (κ1) is 33.6. The van der Waals surface area contributed by atoms with Crippen LogP contribution in [-0.2, 0) is 9.59 Å². The summed E-state index contributed by atoms with van der Waals surface area (Å²) < 4.78 is 118. The van der Waals surface area contributed by atoms with Crippen molar-refractivity contribution in [2.45, 2.75) is 21.6 Å². The predicted octanol–water partition coefficient (Wildman–Crippen LogP) is 9.26. The SMILES string of the molecule is O=C(Nc1ccc(F)c(NC(=O)C(F)F)c1F)c1cc(NC(=O)C2[C@@H](c3cccc(S(F)(F)(F)(F)F)c3)C2(Cl)Cl)ccc1Cl. The molecular weight excluding hydrogens is 700 g/mol. The first-order chi connectivity index (χ1) is 20.0. The van der Waals surface area contributed by atoms with Crippen molar-refractivity contribution < 1.29 is 51.4 Å². The first-order valence-corrected chi connectivity index (χ1v) is 14.8. The van der Waals surface area contributed by atoms with Gasteiger partial charge in [0.1, 0.15) is 20.7 Å². The minimum absolute atomic E-state index is 0.149. The number of halogens is 12. The second kappa shape index (κ2) is 10.6. The predicted molar refractivity (Wildman–Crippen MR) is 148 cm³/mol. The van der Waals surface area contributed by atoms with Gasteiger partial charge in [0, 0.05) is 11.6 Å². The molecule has 1 unspecified atom stereocenters. The fourth-order valence-electron chi connectivity index (χ4n) is 4.14. The topological polar surface area (TPSA) is 87.3 Å². The Morgan fingerprint density at radius 1 is 0.864 bits per heavy atom. The smallest absolute Gasteiger partial charge is 0.315 e. The fourth-order valence-corrected chi connectivity index (χ4v) is 5.87. The molecule has 6 nitrogen and oxygen atoms in total. The molecule has 0 radical (unpaired) electrons. The zero-order valence-corrected chi connectivity index (χ0v) is 24.2. The van der Waals surface area contributed by atoms with Crippen molar-refractivity contribution in [3.8, 4) is 0 Å². The number of carbonyl (C=O) groups excluding carboxylic acids is 3. The maximum Gasteiger partial charge on any atom is 0.315 e. The van der Waals surface area contributed by atoms with Crippen molar-refractivity contribution in [3.63, 3.8) is 0 Å². The summed E-state index contributed by atoms with van der Waals surface area (Å²) in [6, 6.07) is 6.64. The number of rotatable bonds is 8. The van der Waals surface area contributed by atoms with Crippen LogP contribution in [0.15, 0.2) is 59.5 Å². The molecule has 0 heterocycles. The van der Waals surface area contributed by atoms with Gasteiger partial charge in [-0.25, -0.2) is 8.78 Å². The van der Waals surface area contributed by atoms with E-state index in [2.05, 4.69) is 5.32 Å². The van der Waals surface area contributed by atoms with Crippen LogP contribution < -0.4 is 16.0 Å². The molecule has 0 spiro atoms. The van der Waals surface area contributed by atoms with E-state index in [1.807, 2.05) is 5.32 Å². The highest BCUT2D eigenvalue weighted by Gasteiger charge is 2.69. The third-order valence-corrected chi connectivity index (χ3v) is 8.68. The van der Waals surface area contributed by atoms with Gasteiger partial charge in [-0.1, -0.05) is 43.2 Å². The lowest BCUT2D eigenvalue weighted by atomic mass is 10.1. The largest absolute Gasteiger partial charge is 0.326 e. The molecule has 3 aromatic rings. The van der Waals surface area contributed by atoms with Gasteiger partial charge in [-0.3, -0.25) is 14.4 Å². The second-order valence-corrected chi connectivity index (χ2v) is 13.6. The molecule has 0 aromatic heterocycles. The van der Waals surface area contributed by atoms with Crippen molar-refractivity contribution in [3.05, 3.63) is 82.4 Å². The summed E-state index contributed by atoms with van der Waals surface area (Å²) in [5, 5.41) is 5.42. The minimum Gasteiger partial charge on any atom is -0.326 e. The average Bonchev–Trinajstić information content (AvgIpc) is 3.49. The van der Waals surface area contributed by atoms with E-state index in [1.165, 1.54) is 11.4 Å². The van der Waals surface area contributed by atoms with Crippen molar-refractivity contribution in [1.82, 2.24) is 0 Å². The molecule has 19 heteroatoms. The van der Waals surface area contributed by atoms with Crippen LogP contribution in [-0.4, -0.2) is 28.5 Å². The number of hydrogen-bond acceptors (Lipinski definition) is 3. The second-order valence-electron chi connectivity index (χ2n) is 9.38. The molecular formula is C25H15Cl3F9N3O3S. The number of nitrogens with one attached hydrogen (secondary N) is 3. The Kier molecular flexibility index (Phi) is 8.11. The van der Waals surface area contributed by atoms with Crippen LogP contribution in [0, 0.1) is 17.6 Å². The zero-order chi connectivity index (χ0) is 33.1. The lowest BCUT2D eigenvalue weighted by Gasteiger charge is -2.40. The normalized spacial score (nSPS) is 19.0. The van der Waals surface area contributed by atoms with Crippen LogP contribution in [0.25, 0.3) is 0 Å². The summed E-state index contributed by atoms with van der Waals surface area (Å²) in [6.07, 6.45) is -3.60. The Bertz CT molecular complexity index is 1710. The molecule has 1 fully saturated rings. The number of carbonyl (C=O) groups is 3. The summed E-state index contributed by atoms with van der Waals surface area (Å²) in [7, 11) is -10.1. The highest BCUT2D eigenvalue weighted by atomic mass is 35.5. The van der Waals surface area contributed by atoms with Gasteiger partial charge in [0.2, 0.25) is 5.91 Å². The van der Waals surface area contributed by atoms with E-state index in [0.29, 0.717) is 12.1 Å². The monoisotopic (exact) mass is 713 g/mol. The molecule has 0 bridgehead atoms. The lowest BCUT2D eigenvalue weighted by molar-refractivity contribution is -0.126. The van der Waals surface area contributed by atoms with Crippen molar-refractivity contribution >= 4 is 79.8 Å². The molecule has 238 valence electrons. The molecule has 1 saturated carbocycles. The molecule has 3 N–H and O–H groups in total. The van der Waals surface area contributed by atoms with Crippen LogP contribution in [0.4, 0.5) is 54.1 Å². The maximum absolute atomic E-state index is 14.7. The van der Waals surface area contributed by atoms with Gasteiger partial charge in [-0.2, -0.15) is 8.78 Å². The van der Waals surface area contributed by atoms with Gasteiger partial charge in [0.05, 0.1) is 22.2 Å². The Morgan fingerprint density at radius 3 is 2.14 bits per heavy atom. The quantitative estimate of drug-likeness (QED) is 0.161. The van der Waals surface area contributed by atoms with Gasteiger partial charge in [0.15, 0.2) is 5.82 Å². The van der Waals surface area contributed by atoms with Crippen molar-refractivity contribution in [2.24, 2.45) is 5.92 Å². The lowest BCUT2D eigenvalue weighted by Crippen LogP contribution is -2.22. The molecule has 1 aliphatic rings. The van der Waals surface area contributed by atoms with Gasteiger partial charge < -0.3 is 16.0 Å². The van der Waals surface area contributed by atoms with E-state index in [0.717, 1.165) is 24.3 Å². The third kappa shape index (κ3) is 6.98. The van der Waals surface area contributed by atoms with E-state index in [1.54, 1.807) is 0 Å². The summed E-state index contributed by atoms with van der Waals surface area (Å²) in [6.45, 7) is 0. The molecule has 0 aliphatic heterocycles. The van der Waals surface area contributed by atoms with Crippen LogP contribution >= 0.6 is 45.0 Å². The van der Waals surface area contributed by atoms with Crippen LogP contribution in [0.2, 0.25) is 5.02 Å². The van der Waals surface area contributed by atoms with E-state index >= 15 is 0 Å². The highest BCUT2D eigenvalue weighted by Crippen LogP contribution is 3.02. The summed E-state index contributed by atoms with van der Waals surface area (Å²) in [5.41, 5.74) is -2.97. The number of benzene rings is 3. The molecule has 3 amide bonds. The molecule has 44 heavy (non-hydrogen) atoms. The van der Waals surface area contributed by atoms with Crippen LogP contribution in [0.1, 0.15) is 21.8 Å². The Balaban J connectivity index is 1.53. The van der Waals surface area contributed by atoms with E-state index in [9.17, 15) is 51.4 Å². The Labute approximate surface area is 256 Å². The van der Waals surface area contributed by atoms with Gasteiger partial charge in [-0.05, 0) is 48.0 Å². The number of anilines is 3. The molecule has 2 atom stereocenters. The zero-order valence-electron chi connectivity index (χ0n) is 21.1. The summed E-state index contributed by atoms with van der Waals surface area (Å²) in [5.74, 6) is -9.93. The summed E-state index contributed by atoms with van der Waals surface area (Å²) >= 11 is 18.3. The third-order valence-electron chi connectivity index (χ3n) is 6.26. The van der Waals surface area contributed by atoms with E-state index in [4.69, 9.17) is 34.8 Å². The highest BCUT2D eigenvalue weighted by molar-refractivity contribution is 8.45.